The fourth-order valence-electron chi connectivity index (χ4n) is 2.13. The zero-order chi connectivity index (χ0) is 13.8. The van der Waals surface area contributed by atoms with E-state index in [1.807, 2.05) is 4.57 Å². The van der Waals surface area contributed by atoms with Crippen molar-refractivity contribution in [1.29, 1.82) is 0 Å². The van der Waals surface area contributed by atoms with Crippen LogP contribution in [0.2, 0.25) is 0 Å². The van der Waals surface area contributed by atoms with Gasteiger partial charge >= 0.3 is 5.97 Å². The molecule has 0 saturated carbocycles. The Morgan fingerprint density at radius 1 is 1.42 bits per heavy atom. The second-order valence-corrected chi connectivity index (χ2v) is 4.46. The average Bonchev–Trinajstić information content (AvgIpc) is 2.70. The number of halogens is 1. The summed E-state index contributed by atoms with van der Waals surface area (Å²) in [5.41, 5.74) is 0.442. The van der Waals surface area contributed by atoms with Crippen molar-refractivity contribution in [2.45, 2.75) is 19.9 Å². The zero-order valence-electron chi connectivity index (χ0n) is 10.8. The molecule has 1 amide bonds. The van der Waals surface area contributed by atoms with E-state index in [4.69, 9.17) is 16.3 Å². The van der Waals surface area contributed by atoms with E-state index in [0.29, 0.717) is 38.4 Å². The van der Waals surface area contributed by atoms with Gasteiger partial charge in [0.1, 0.15) is 17.4 Å². The zero-order valence-corrected chi connectivity index (χ0v) is 11.5. The molecule has 0 saturated heterocycles. The van der Waals surface area contributed by atoms with Gasteiger partial charge in [-0.1, -0.05) is 0 Å². The van der Waals surface area contributed by atoms with Gasteiger partial charge in [-0.3, -0.25) is 4.79 Å². The highest BCUT2D eigenvalue weighted by Gasteiger charge is 2.23. The Morgan fingerprint density at radius 3 is 2.89 bits per heavy atom. The molecule has 7 heteroatoms. The van der Waals surface area contributed by atoms with Crippen LogP contribution in [0, 0.1) is 0 Å². The number of carbonyl (C=O) groups excluding carboxylic acids is 2. The van der Waals surface area contributed by atoms with Gasteiger partial charge in [0.25, 0.3) is 0 Å². The molecule has 0 aliphatic carbocycles. The third-order valence-electron chi connectivity index (χ3n) is 3.09. The van der Waals surface area contributed by atoms with Gasteiger partial charge in [-0.25, -0.2) is 9.78 Å². The lowest BCUT2D eigenvalue weighted by molar-refractivity contribution is -0.128. The van der Waals surface area contributed by atoms with E-state index in [0.717, 1.165) is 5.82 Å². The molecule has 0 fully saturated rings. The monoisotopic (exact) mass is 285 g/mol. The second-order valence-electron chi connectivity index (χ2n) is 4.20. The normalized spacial score (nSPS) is 14.7. The van der Waals surface area contributed by atoms with Crippen LogP contribution in [0.3, 0.4) is 0 Å². The summed E-state index contributed by atoms with van der Waals surface area (Å²) in [7, 11) is 0. The topological polar surface area (TPSA) is 64.4 Å². The van der Waals surface area contributed by atoms with Crippen molar-refractivity contribution in [3.05, 3.63) is 17.7 Å². The van der Waals surface area contributed by atoms with Crippen molar-refractivity contribution in [3.63, 3.8) is 0 Å². The highest BCUT2D eigenvalue weighted by atomic mass is 35.5. The molecule has 0 bridgehead atoms. The Morgan fingerprint density at radius 2 is 2.21 bits per heavy atom. The van der Waals surface area contributed by atoms with E-state index < -0.39 is 0 Å². The Labute approximate surface area is 116 Å². The lowest BCUT2D eigenvalue weighted by Gasteiger charge is -2.18. The number of esters is 1. The van der Waals surface area contributed by atoms with Crippen LogP contribution in [0.15, 0.2) is 6.20 Å². The summed E-state index contributed by atoms with van der Waals surface area (Å²) in [5.74, 6) is 0.309. The smallest absolute Gasteiger partial charge is 0.356 e. The SMILES string of the molecule is CCOC(=O)c1cnc2n1CCN(C(=O)CCl)CC2. The molecule has 0 atom stereocenters. The van der Waals surface area contributed by atoms with Crippen molar-refractivity contribution in [2.75, 3.05) is 25.6 Å². The predicted molar refractivity (Wildman–Crippen MR) is 69.2 cm³/mol. The molecular formula is C12H16ClN3O3. The Hall–Kier alpha value is -1.56. The molecule has 0 radical (unpaired) electrons. The first-order valence-corrected chi connectivity index (χ1v) is 6.76. The largest absolute Gasteiger partial charge is 0.461 e. The maximum absolute atomic E-state index is 11.8. The van der Waals surface area contributed by atoms with E-state index in [2.05, 4.69) is 4.98 Å². The van der Waals surface area contributed by atoms with Crippen LogP contribution in [-0.4, -0.2) is 51.9 Å². The fourth-order valence-corrected chi connectivity index (χ4v) is 2.30. The minimum absolute atomic E-state index is 0.0208. The predicted octanol–water partition coefficient (Wildman–Crippen LogP) is 0.683. The van der Waals surface area contributed by atoms with Crippen molar-refractivity contribution in [3.8, 4) is 0 Å². The van der Waals surface area contributed by atoms with Crippen LogP contribution in [0.5, 0.6) is 0 Å². The third-order valence-corrected chi connectivity index (χ3v) is 3.32. The van der Waals surface area contributed by atoms with Gasteiger partial charge < -0.3 is 14.2 Å². The number of amides is 1. The van der Waals surface area contributed by atoms with Gasteiger partial charge in [0.2, 0.25) is 5.91 Å². The number of hydrogen-bond donors (Lipinski definition) is 0. The van der Waals surface area contributed by atoms with E-state index in [1.54, 1.807) is 11.8 Å². The number of nitrogens with zero attached hydrogens (tertiary/aromatic N) is 3. The van der Waals surface area contributed by atoms with E-state index in [1.165, 1.54) is 6.20 Å². The van der Waals surface area contributed by atoms with E-state index in [9.17, 15) is 9.59 Å². The summed E-state index contributed by atoms with van der Waals surface area (Å²) in [6, 6.07) is 0. The average molecular weight is 286 g/mol. The van der Waals surface area contributed by atoms with Gasteiger partial charge in [-0.15, -0.1) is 11.6 Å². The summed E-state index contributed by atoms with van der Waals surface area (Å²) >= 11 is 5.56. The highest BCUT2D eigenvalue weighted by molar-refractivity contribution is 6.27. The Balaban J connectivity index is 2.15. The summed E-state index contributed by atoms with van der Waals surface area (Å²) < 4.78 is 6.81. The first-order chi connectivity index (χ1) is 9.17. The molecule has 0 aromatic carbocycles. The molecule has 0 N–H and O–H groups in total. The molecule has 19 heavy (non-hydrogen) atoms. The minimum Gasteiger partial charge on any atom is -0.461 e. The van der Waals surface area contributed by atoms with E-state index in [-0.39, 0.29) is 17.8 Å². The number of rotatable bonds is 3. The molecular weight excluding hydrogens is 270 g/mol. The quantitative estimate of drug-likeness (QED) is 0.605. The number of imidazole rings is 1. The maximum Gasteiger partial charge on any atom is 0.356 e. The van der Waals surface area contributed by atoms with Gasteiger partial charge in [0.15, 0.2) is 0 Å². The Kier molecular flexibility index (Phi) is 4.42. The molecule has 6 nitrogen and oxygen atoms in total. The Bertz CT molecular complexity index is 487. The second kappa shape index (κ2) is 6.06. The van der Waals surface area contributed by atoms with Crippen LogP contribution in [-0.2, 0) is 22.5 Å². The molecule has 0 spiro atoms. The van der Waals surface area contributed by atoms with Crippen molar-refractivity contribution in [1.82, 2.24) is 14.5 Å². The van der Waals surface area contributed by atoms with Crippen LogP contribution < -0.4 is 0 Å². The first-order valence-electron chi connectivity index (χ1n) is 6.22. The molecule has 1 aliphatic heterocycles. The number of ether oxygens (including phenoxy) is 1. The van der Waals surface area contributed by atoms with Crippen molar-refractivity contribution in [2.24, 2.45) is 0 Å². The molecule has 104 valence electrons. The molecule has 2 heterocycles. The maximum atomic E-state index is 11.8. The van der Waals surface area contributed by atoms with Crippen LogP contribution in [0.25, 0.3) is 0 Å². The summed E-state index contributed by atoms with van der Waals surface area (Å²) in [5, 5.41) is 0. The number of alkyl halides is 1. The molecule has 1 aliphatic rings. The van der Waals surface area contributed by atoms with Crippen LogP contribution in [0.4, 0.5) is 0 Å². The van der Waals surface area contributed by atoms with Gasteiger partial charge in [-0.2, -0.15) is 0 Å². The summed E-state index contributed by atoms with van der Waals surface area (Å²) in [6.07, 6.45) is 2.15. The van der Waals surface area contributed by atoms with Gasteiger partial charge in [0.05, 0.1) is 12.8 Å². The number of aromatic nitrogens is 2. The third kappa shape index (κ3) is 2.89. The van der Waals surface area contributed by atoms with Crippen molar-refractivity contribution >= 4 is 23.5 Å². The fraction of sp³-hybridized carbons (Fsp3) is 0.583. The van der Waals surface area contributed by atoms with Crippen molar-refractivity contribution < 1.29 is 14.3 Å². The lowest BCUT2D eigenvalue weighted by Crippen LogP contribution is -2.34. The highest BCUT2D eigenvalue weighted by Crippen LogP contribution is 2.13. The number of carbonyl (C=O) groups is 2. The standard InChI is InChI=1S/C12H16ClN3O3/c1-2-19-12(18)9-8-14-10-3-4-15(11(17)7-13)5-6-16(9)10/h8H,2-7H2,1H3. The summed E-state index contributed by atoms with van der Waals surface area (Å²) in [4.78, 5) is 29.3. The molecule has 2 rings (SSSR count). The summed E-state index contributed by atoms with van der Waals surface area (Å²) in [6.45, 7) is 3.73. The number of hydrogen-bond acceptors (Lipinski definition) is 4. The van der Waals surface area contributed by atoms with Gasteiger partial charge in [-0.05, 0) is 6.92 Å². The minimum atomic E-state index is -0.377. The first kappa shape index (κ1) is 13.9. The van der Waals surface area contributed by atoms with E-state index >= 15 is 0 Å². The van der Waals surface area contributed by atoms with Gasteiger partial charge in [0, 0.05) is 26.1 Å². The molecule has 1 aromatic rings. The van der Waals surface area contributed by atoms with Crippen LogP contribution in [0.1, 0.15) is 23.2 Å². The molecule has 1 aromatic heterocycles. The lowest BCUT2D eigenvalue weighted by atomic mass is 10.4. The molecule has 0 unspecified atom stereocenters. The number of fused-ring (bicyclic) bond motifs is 1. The van der Waals surface area contributed by atoms with Crippen LogP contribution >= 0.6 is 11.6 Å².